The molecule has 10 nitrogen and oxygen atoms in total. The van der Waals surface area contributed by atoms with E-state index in [0.29, 0.717) is 11.5 Å². The summed E-state index contributed by atoms with van der Waals surface area (Å²) >= 11 is 0. The van der Waals surface area contributed by atoms with Gasteiger partial charge >= 0.3 is 0 Å². The van der Waals surface area contributed by atoms with Crippen LogP contribution in [0.5, 0.6) is 0 Å². The van der Waals surface area contributed by atoms with Gasteiger partial charge in [-0.05, 0) is 12.1 Å². The number of nitrogens with one attached hydrogen (secondary N) is 1. The molecule has 4 rings (SSSR count). The van der Waals surface area contributed by atoms with Crippen molar-refractivity contribution in [3.63, 3.8) is 0 Å². The van der Waals surface area contributed by atoms with Crippen LogP contribution in [0.15, 0.2) is 73.6 Å². The van der Waals surface area contributed by atoms with Crippen molar-refractivity contribution in [1.29, 1.82) is 0 Å². The molecule has 0 fully saturated rings. The molecule has 2 aromatic carbocycles. The highest BCUT2D eigenvalue weighted by Crippen LogP contribution is 2.24. The summed E-state index contributed by atoms with van der Waals surface area (Å²) in [5.74, 6) is 0.00530. The summed E-state index contributed by atoms with van der Waals surface area (Å²) in [6.45, 7) is 0. The lowest BCUT2D eigenvalue weighted by Crippen LogP contribution is -2.13. The molecule has 0 atom stereocenters. The molecule has 142 valence electrons. The Morgan fingerprint density at radius 2 is 1.83 bits per heavy atom. The average Bonchev–Trinajstić information content (AvgIpc) is 3.29. The number of nitro benzene ring substituents is 1. The zero-order chi connectivity index (χ0) is 20.2. The van der Waals surface area contributed by atoms with Crippen molar-refractivity contribution >= 4 is 17.3 Å². The predicted molar refractivity (Wildman–Crippen MR) is 103 cm³/mol. The van der Waals surface area contributed by atoms with Gasteiger partial charge in [0.1, 0.15) is 18.3 Å². The summed E-state index contributed by atoms with van der Waals surface area (Å²) in [7, 11) is 0. The zero-order valence-corrected chi connectivity index (χ0v) is 14.8. The van der Waals surface area contributed by atoms with E-state index in [1.165, 1.54) is 47.9 Å². The van der Waals surface area contributed by atoms with Gasteiger partial charge in [-0.25, -0.2) is 19.6 Å². The molecule has 0 saturated heterocycles. The molecule has 4 aromatic rings. The molecular formula is C19H13N7O3. The second-order valence-electron chi connectivity index (χ2n) is 5.92. The van der Waals surface area contributed by atoms with Crippen molar-refractivity contribution in [2.45, 2.75) is 0 Å². The number of nitrogens with zero attached hydrogens (tertiary/aromatic N) is 6. The van der Waals surface area contributed by atoms with Gasteiger partial charge in [-0.3, -0.25) is 14.9 Å². The number of hydrogen-bond acceptors (Lipinski definition) is 7. The molecule has 0 radical (unpaired) electrons. The van der Waals surface area contributed by atoms with Gasteiger partial charge in [0.15, 0.2) is 5.82 Å². The number of hydrogen-bond donors (Lipinski definition) is 1. The van der Waals surface area contributed by atoms with Crippen LogP contribution >= 0.6 is 0 Å². The van der Waals surface area contributed by atoms with Crippen LogP contribution in [0, 0.1) is 10.1 Å². The molecule has 1 N–H and O–H groups in total. The van der Waals surface area contributed by atoms with E-state index in [0.717, 1.165) is 5.56 Å². The summed E-state index contributed by atoms with van der Waals surface area (Å²) in [5.41, 5.74) is 1.29. The van der Waals surface area contributed by atoms with E-state index in [1.807, 2.05) is 30.3 Å². The Labute approximate surface area is 164 Å². The van der Waals surface area contributed by atoms with Crippen molar-refractivity contribution in [3.8, 4) is 17.1 Å². The highest BCUT2D eigenvalue weighted by Gasteiger charge is 2.19. The third-order valence-electron chi connectivity index (χ3n) is 4.04. The molecule has 0 spiro atoms. The molecule has 0 bridgehead atoms. The molecule has 0 unspecified atom stereocenters. The highest BCUT2D eigenvalue weighted by molar-refractivity contribution is 6.04. The van der Waals surface area contributed by atoms with Gasteiger partial charge in [0.2, 0.25) is 0 Å². The fraction of sp³-hybridized carbons (Fsp3) is 0. The maximum absolute atomic E-state index is 12.5. The Morgan fingerprint density at radius 3 is 2.48 bits per heavy atom. The van der Waals surface area contributed by atoms with E-state index in [2.05, 4.69) is 25.4 Å². The molecule has 0 aliphatic carbocycles. The van der Waals surface area contributed by atoms with Crippen LogP contribution in [0.4, 0.5) is 11.4 Å². The first-order chi connectivity index (χ1) is 14.1. The van der Waals surface area contributed by atoms with Gasteiger partial charge in [-0.2, -0.15) is 5.10 Å². The fourth-order valence-electron chi connectivity index (χ4n) is 2.67. The maximum atomic E-state index is 12.5. The van der Waals surface area contributed by atoms with Gasteiger partial charge < -0.3 is 5.32 Å². The SMILES string of the molecule is O=C(Nc1cnc(-c2ccccc2)nc1)c1ccc(-n2cncn2)c([N+](=O)[O-])c1. The summed E-state index contributed by atoms with van der Waals surface area (Å²) < 4.78 is 1.26. The van der Waals surface area contributed by atoms with Crippen molar-refractivity contribution in [3.05, 3.63) is 89.3 Å². The summed E-state index contributed by atoms with van der Waals surface area (Å²) in [5, 5.41) is 17.9. The third kappa shape index (κ3) is 3.81. The Morgan fingerprint density at radius 1 is 1.07 bits per heavy atom. The molecule has 29 heavy (non-hydrogen) atoms. The smallest absolute Gasteiger partial charge is 0.295 e. The minimum Gasteiger partial charge on any atom is -0.319 e. The largest absolute Gasteiger partial charge is 0.319 e. The van der Waals surface area contributed by atoms with E-state index < -0.39 is 10.8 Å². The maximum Gasteiger partial charge on any atom is 0.295 e. The van der Waals surface area contributed by atoms with Crippen molar-refractivity contribution < 1.29 is 9.72 Å². The quantitative estimate of drug-likeness (QED) is 0.412. The minimum absolute atomic E-state index is 0.118. The number of carbonyl (C=O) groups is 1. The number of carbonyl (C=O) groups excluding carboxylic acids is 1. The second-order valence-corrected chi connectivity index (χ2v) is 5.92. The predicted octanol–water partition coefficient (Wildman–Crippen LogP) is 2.88. The molecule has 0 saturated carbocycles. The average molecular weight is 387 g/mol. The van der Waals surface area contributed by atoms with E-state index in [4.69, 9.17) is 0 Å². The number of rotatable bonds is 5. The first kappa shape index (κ1) is 17.9. The molecule has 2 heterocycles. The van der Waals surface area contributed by atoms with Crippen LogP contribution in [-0.4, -0.2) is 35.6 Å². The summed E-state index contributed by atoms with van der Waals surface area (Å²) in [4.78, 5) is 35.6. The molecule has 10 heteroatoms. The summed E-state index contributed by atoms with van der Waals surface area (Å²) in [6, 6.07) is 13.5. The van der Waals surface area contributed by atoms with Crippen LogP contribution in [0.25, 0.3) is 17.1 Å². The van der Waals surface area contributed by atoms with Crippen molar-refractivity contribution in [1.82, 2.24) is 24.7 Å². The number of nitro groups is 1. The van der Waals surface area contributed by atoms with Crippen LogP contribution in [0.3, 0.4) is 0 Å². The van der Waals surface area contributed by atoms with E-state index in [1.54, 1.807) is 0 Å². The molecule has 2 aromatic heterocycles. The van der Waals surface area contributed by atoms with Gasteiger partial charge in [-0.1, -0.05) is 30.3 Å². The van der Waals surface area contributed by atoms with E-state index in [-0.39, 0.29) is 16.9 Å². The topological polar surface area (TPSA) is 129 Å². The monoisotopic (exact) mass is 387 g/mol. The first-order valence-electron chi connectivity index (χ1n) is 8.44. The van der Waals surface area contributed by atoms with Crippen molar-refractivity contribution in [2.24, 2.45) is 0 Å². The molecule has 0 aliphatic heterocycles. The number of aromatic nitrogens is 5. The van der Waals surface area contributed by atoms with Crippen LogP contribution in [-0.2, 0) is 0 Å². The molecular weight excluding hydrogens is 374 g/mol. The Bertz CT molecular complexity index is 1160. The minimum atomic E-state index is -0.578. The lowest BCUT2D eigenvalue weighted by Gasteiger charge is -2.07. The third-order valence-corrected chi connectivity index (χ3v) is 4.04. The van der Waals surface area contributed by atoms with Gasteiger partial charge in [0.05, 0.1) is 23.0 Å². The standard InChI is InChI=1S/C19H13N7O3/c27-19(24-15-9-21-18(22-10-15)13-4-2-1-3-5-13)14-6-7-16(17(8-14)26(28)29)25-12-20-11-23-25/h1-12H,(H,24,27). The van der Waals surface area contributed by atoms with Crippen molar-refractivity contribution in [2.75, 3.05) is 5.32 Å². The normalized spacial score (nSPS) is 10.5. The summed E-state index contributed by atoms with van der Waals surface area (Å²) in [6.07, 6.45) is 5.56. The number of anilines is 1. The van der Waals surface area contributed by atoms with Crippen LogP contribution in [0.1, 0.15) is 10.4 Å². The van der Waals surface area contributed by atoms with Crippen LogP contribution < -0.4 is 5.32 Å². The number of amides is 1. The lowest BCUT2D eigenvalue weighted by atomic mass is 10.1. The van der Waals surface area contributed by atoms with Crippen LogP contribution in [0.2, 0.25) is 0 Å². The van der Waals surface area contributed by atoms with Gasteiger partial charge in [0.25, 0.3) is 11.6 Å². The Hall–Kier alpha value is -4.47. The van der Waals surface area contributed by atoms with E-state index >= 15 is 0 Å². The number of benzene rings is 2. The van der Waals surface area contributed by atoms with Gasteiger partial charge in [-0.15, -0.1) is 0 Å². The lowest BCUT2D eigenvalue weighted by molar-refractivity contribution is -0.384. The molecule has 0 aliphatic rings. The Kier molecular flexibility index (Phi) is 4.72. The fourth-order valence-corrected chi connectivity index (χ4v) is 2.67. The highest BCUT2D eigenvalue weighted by atomic mass is 16.6. The second kappa shape index (κ2) is 7.64. The molecule has 1 amide bonds. The first-order valence-corrected chi connectivity index (χ1v) is 8.44. The zero-order valence-electron chi connectivity index (χ0n) is 14.8. The Balaban J connectivity index is 1.55. The van der Waals surface area contributed by atoms with E-state index in [9.17, 15) is 14.9 Å². The van der Waals surface area contributed by atoms with Gasteiger partial charge in [0, 0.05) is 17.2 Å².